The van der Waals surface area contributed by atoms with Crippen LogP contribution in [-0.2, 0) is 14.4 Å². The summed E-state index contributed by atoms with van der Waals surface area (Å²) in [5, 5.41) is 41.1. The highest BCUT2D eigenvalue weighted by Crippen LogP contribution is 2.77. The van der Waals surface area contributed by atoms with E-state index in [1.54, 1.807) is 0 Å². The first-order valence-corrected chi connectivity index (χ1v) is 9.58. The van der Waals surface area contributed by atoms with Crippen LogP contribution in [0.3, 0.4) is 0 Å². The lowest BCUT2D eigenvalue weighted by molar-refractivity contribution is -0.191. The van der Waals surface area contributed by atoms with Gasteiger partial charge in [0.15, 0.2) is 0 Å². The molecule has 27 heavy (non-hydrogen) atoms. The lowest BCUT2D eigenvalue weighted by atomic mass is 9.51. The third-order valence-corrected chi connectivity index (χ3v) is 8.68. The topological polar surface area (TPSA) is 132 Å². The van der Waals surface area contributed by atoms with Crippen molar-refractivity contribution in [2.24, 2.45) is 39.9 Å². The molecule has 4 saturated carbocycles. The number of aliphatic hydroxyl groups excluding tert-OH is 1. The van der Waals surface area contributed by atoms with E-state index in [1.807, 2.05) is 0 Å². The summed E-state index contributed by atoms with van der Waals surface area (Å²) in [6.07, 6.45) is 1.24. The molecule has 0 amide bonds. The standard InChI is InChI=1S/C20H26O7/c1-9-7-19-8-10(9)3-4-11(19)20(17(26)27)6-5-12(21)18(2,16(24)25)14(20)13(19)15(22)23/h10-14,21H,1,3-8H2,2H3,(H,22,23)(H,24,25)(H,26,27)/t10-,11-,12+,13-,14-,18-,19+,20-/m1/s1. The van der Waals surface area contributed by atoms with Gasteiger partial charge in [0.05, 0.1) is 22.9 Å². The molecule has 4 rings (SSSR count). The molecule has 0 heterocycles. The first-order chi connectivity index (χ1) is 12.5. The summed E-state index contributed by atoms with van der Waals surface area (Å²) in [6, 6.07) is 0. The molecule has 0 aliphatic heterocycles. The number of hydrogen-bond acceptors (Lipinski definition) is 4. The number of carbonyl (C=O) groups is 3. The largest absolute Gasteiger partial charge is 0.481 e. The number of carboxylic acid groups (broad SMARTS) is 3. The average molecular weight is 378 g/mol. The van der Waals surface area contributed by atoms with Gasteiger partial charge in [-0.3, -0.25) is 14.4 Å². The molecule has 2 bridgehead atoms. The molecular formula is C20H26O7. The van der Waals surface area contributed by atoms with E-state index in [-0.39, 0.29) is 18.8 Å². The van der Waals surface area contributed by atoms with Crippen molar-refractivity contribution >= 4 is 17.9 Å². The first kappa shape index (κ1) is 18.5. The highest BCUT2D eigenvalue weighted by atomic mass is 16.4. The third kappa shape index (κ3) is 1.88. The number of rotatable bonds is 3. The highest BCUT2D eigenvalue weighted by Gasteiger charge is 2.80. The number of carboxylic acids is 3. The molecule has 148 valence electrons. The fraction of sp³-hybridized carbons (Fsp3) is 0.750. The van der Waals surface area contributed by atoms with E-state index in [4.69, 9.17) is 0 Å². The summed E-state index contributed by atoms with van der Waals surface area (Å²) in [5.41, 5.74) is -3.08. The van der Waals surface area contributed by atoms with Crippen LogP contribution in [0.1, 0.15) is 45.4 Å². The molecule has 1 spiro atoms. The van der Waals surface area contributed by atoms with Crippen molar-refractivity contribution in [1.82, 2.24) is 0 Å². The zero-order valence-electron chi connectivity index (χ0n) is 15.4. The molecule has 4 fully saturated rings. The van der Waals surface area contributed by atoms with Gasteiger partial charge in [0.2, 0.25) is 0 Å². The second-order valence-corrected chi connectivity index (χ2v) is 9.38. The maximum Gasteiger partial charge on any atom is 0.312 e. The lowest BCUT2D eigenvalue weighted by Crippen LogP contribution is -2.60. The molecule has 7 nitrogen and oxygen atoms in total. The van der Waals surface area contributed by atoms with Gasteiger partial charge < -0.3 is 20.4 Å². The van der Waals surface area contributed by atoms with E-state index in [9.17, 15) is 34.8 Å². The Bertz CT molecular complexity index is 759. The van der Waals surface area contributed by atoms with Crippen LogP contribution in [0.25, 0.3) is 0 Å². The van der Waals surface area contributed by atoms with E-state index >= 15 is 0 Å². The summed E-state index contributed by atoms with van der Waals surface area (Å²) in [5.74, 6) is -6.08. The Morgan fingerprint density at radius 3 is 2.30 bits per heavy atom. The molecule has 0 unspecified atom stereocenters. The Morgan fingerprint density at radius 2 is 1.74 bits per heavy atom. The second-order valence-electron chi connectivity index (χ2n) is 9.38. The fourth-order valence-electron chi connectivity index (χ4n) is 7.69. The smallest absolute Gasteiger partial charge is 0.312 e. The summed E-state index contributed by atoms with van der Waals surface area (Å²) in [4.78, 5) is 37.4. The third-order valence-electron chi connectivity index (χ3n) is 8.68. The van der Waals surface area contributed by atoms with Crippen molar-refractivity contribution in [2.45, 2.75) is 51.6 Å². The number of hydrogen-bond donors (Lipinski definition) is 4. The van der Waals surface area contributed by atoms with Crippen LogP contribution < -0.4 is 0 Å². The van der Waals surface area contributed by atoms with Crippen LogP contribution in [0.15, 0.2) is 12.2 Å². The van der Waals surface area contributed by atoms with Crippen LogP contribution in [-0.4, -0.2) is 44.4 Å². The van der Waals surface area contributed by atoms with Gasteiger partial charge in [0.1, 0.15) is 0 Å². The van der Waals surface area contributed by atoms with Crippen LogP contribution in [0.5, 0.6) is 0 Å². The molecule has 0 aromatic rings. The van der Waals surface area contributed by atoms with Crippen molar-refractivity contribution in [2.75, 3.05) is 0 Å². The van der Waals surface area contributed by atoms with Crippen LogP contribution in [0.4, 0.5) is 0 Å². The molecule has 0 aromatic heterocycles. The molecule has 4 N–H and O–H groups in total. The van der Waals surface area contributed by atoms with E-state index in [0.717, 1.165) is 12.0 Å². The second kappa shape index (κ2) is 5.34. The van der Waals surface area contributed by atoms with Gasteiger partial charge in [0, 0.05) is 5.92 Å². The molecular weight excluding hydrogens is 352 g/mol. The van der Waals surface area contributed by atoms with E-state index in [0.29, 0.717) is 19.3 Å². The molecule has 4 aliphatic rings. The summed E-state index contributed by atoms with van der Waals surface area (Å²) in [6.45, 7) is 5.45. The summed E-state index contributed by atoms with van der Waals surface area (Å²) >= 11 is 0. The van der Waals surface area contributed by atoms with Gasteiger partial charge in [-0.05, 0) is 62.7 Å². The Hall–Kier alpha value is -1.89. The Balaban J connectivity index is 2.02. The number of aliphatic carboxylic acids is 3. The number of fused-ring (bicyclic) bond motifs is 3. The lowest BCUT2D eigenvalue weighted by Gasteiger charge is -2.51. The maximum absolute atomic E-state index is 12.7. The SMILES string of the molecule is C=C1C[C@]23C[C@H]1CC[C@H]2[C@]1(C(=O)O)CC[C@H](O)[C@@](C)(C(=O)O)[C@H]1[C@@H]3C(=O)O. The minimum Gasteiger partial charge on any atom is -0.481 e. The van der Waals surface area contributed by atoms with Crippen molar-refractivity contribution in [1.29, 1.82) is 0 Å². The van der Waals surface area contributed by atoms with Crippen LogP contribution in [0.2, 0.25) is 0 Å². The zero-order valence-corrected chi connectivity index (χ0v) is 15.4. The van der Waals surface area contributed by atoms with E-state index < -0.39 is 58.0 Å². The summed E-state index contributed by atoms with van der Waals surface area (Å²) in [7, 11) is 0. The van der Waals surface area contributed by atoms with Gasteiger partial charge in [0.25, 0.3) is 0 Å². The monoisotopic (exact) mass is 378 g/mol. The number of allylic oxidation sites excluding steroid dienone is 1. The van der Waals surface area contributed by atoms with E-state index in [2.05, 4.69) is 6.58 Å². The van der Waals surface area contributed by atoms with Gasteiger partial charge in [-0.1, -0.05) is 12.2 Å². The Morgan fingerprint density at radius 1 is 1.07 bits per heavy atom. The predicted octanol–water partition coefficient (Wildman–Crippen LogP) is 2.00. The maximum atomic E-state index is 12.7. The Labute approximate surface area is 157 Å². The first-order valence-electron chi connectivity index (χ1n) is 9.58. The van der Waals surface area contributed by atoms with Crippen molar-refractivity contribution in [3.63, 3.8) is 0 Å². The van der Waals surface area contributed by atoms with Crippen molar-refractivity contribution in [3.8, 4) is 0 Å². The van der Waals surface area contributed by atoms with Crippen molar-refractivity contribution < 1.29 is 34.8 Å². The molecule has 0 aromatic carbocycles. The molecule has 0 radical (unpaired) electrons. The quantitative estimate of drug-likeness (QED) is 0.552. The molecule has 0 saturated heterocycles. The minimum atomic E-state index is -1.81. The van der Waals surface area contributed by atoms with E-state index in [1.165, 1.54) is 6.92 Å². The molecule has 8 atom stereocenters. The van der Waals surface area contributed by atoms with Gasteiger partial charge in [-0.15, -0.1) is 0 Å². The van der Waals surface area contributed by atoms with Crippen molar-refractivity contribution in [3.05, 3.63) is 12.2 Å². The average Bonchev–Trinajstić information content (AvgIpc) is 2.99. The highest BCUT2D eigenvalue weighted by molar-refractivity contribution is 5.86. The fourth-order valence-corrected chi connectivity index (χ4v) is 7.69. The number of aliphatic hydroxyl groups is 1. The van der Waals surface area contributed by atoms with Crippen LogP contribution in [0, 0.1) is 39.9 Å². The summed E-state index contributed by atoms with van der Waals surface area (Å²) < 4.78 is 0. The zero-order chi connectivity index (χ0) is 19.9. The Kier molecular flexibility index (Phi) is 3.65. The van der Waals surface area contributed by atoms with Gasteiger partial charge >= 0.3 is 17.9 Å². The minimum absolute atomic E-state index is 0.0505. The molecule has 7 heteroatoms. The van der Waals surface area contributed by atoms with Gasteiger partial charge in [-0.25, -0.2) is 0 Å². The predicted molar refractivity (Wildman–Crippen MR) is 92.7 cm³/mol. The van der Waals surface area contributed by atoms with Gasteiger partial charge in [-0.2, -0.15) is 0 Å². The normalized spacial score (nSPS) is 50.7. The van der Waals surface area contributed by atoms with Crippen LogP contribution >= 0.6 is 0 Å². The molecule has 4 aliphatic carbocycles.